The predicted molar refractivity (Wildman–Crippen MR) is 64.4 cm³/mol. The second-order valence-corrected chi connectivity index (χ2v) is 3.91. The Balaban J connectivity index is 2.22. The number of amides is 1. The van der Waals surface area contributed by atoms with Crippen molar-refractivity contribution >= 4 is 11.6 Å². The van der Waals surface area contributed by atoms with Crippen LogP contribution in [0, 0.1) is 12.3 Å². The molecule has 3 heteroatoms. The van der Waals surface area contributed by atoms with Gasteiger partial charge < -0.3 is 10.2 Å². The first-order valence-corrected chi connectivity index (χ1v) is 5.28. The SMILES string of the molecule is C#CCN(C)C(=O)c1ccc2c(c1)CCN2. The van der Waals surface area contributed by atoms with E-state index >= 15 is 0 Å². The first-order valence-electron chi connectivity index (χ1n) is 5.28. The Labute approximate surface area is 95.5 Å². The molecule has 0 atom stereocenters. The van der Waals surface area contributed by atoms with Gasteiger partial charge in [0.2, 0.25) is 0 Å². The molecule has 1 aliphatic rings. The van der Waals surface area contributed by atoms with Crippen LogP contribution in [0.3, 0.4) is 0 Å². The van der Waals surface area contributed by atoms with E-state index in [2.05, 4.69) is 11.2 Å². The summed E-state index contributed by atoms with van der Waals surface area (Å²) in [5.74, 6) is 2.44. The van der Waals surface area contributed by atoms with Crippen molar-refractivity contribution in [3.63, 3.8) is 0 Å². The lowest BCUT2D eigenvalue weighted by molar-refractivity contribution is 0.0812. The quantitative estimate of drug-likeness (QED) is 0.754. The fraction of sp³-hybridized carbons (Fsp3) is 0.308. The van der Waals surface area contributed by atoms with Crippen molar-refractivity contribution in [2.75, 3.05) is 25.5 Å². The molecule has 1 aromatic carbocycles. The molecule has 0 aliphatic carbocycles. The van der Waals surface area contributed by atoms with E-state index in [0.717, 1.165) is 18.7 Å². The van der Waals surface area contributed by atoms with Gasteiger partial charge in [-0.05, 0) is 30.2 Å². The third kappa shape index (κ3) is 1.87. The number of carbonyl (C=O) groups is 1. The Kier molecular flexibility index (Phi) is 2.82. The average molecular weight is 214 g/mol. The summed E-state index contributed by atoms with van der Waals surface area (Å²) < 4.78 is 0. The smallest absolute Gasteiger partial charge is 0.254 e. The zero-order valence-electron chi connectivity index (χ0n) is 9.29. The maximum absolute atomic E-state index is 11.9. The molecule has 1 amide bonds. The van der Waals surface area contributed by atoms with E-state index in [0.29, 0.717) is 12.1 Å². The Bertz CT molecular complexity index is 459. The van der Waals surface area contributed by atoms with Crippen molar-refractivity contribution in [1.82, 2.24) is 4.90 Å². The van der Waals surface area contributed by atoms with Gasteiger partial charge in [0, 0.05) is 24.8 Å². The highest BCUT2D eigenvalue weighted by Crippen LogP contribution is 2.23. The summed E-state index contributed by atoms with van der Waals surface area (Å²) in [5.41, 5.74) is 3.05. The van der Waals surface area contributed by atoms with Gasteiger partial charge in [-0.3, -0.25) is 4.79 Å². The molecule has 0 saturated carbocycles. The number of rotatable bonds is 2. The molecule has 16 heavy (non-hydrogen) atoms. The third-order valence-electron chi connectivity index (χ3n) is 2.74. The van der Waals surface area contributed by atoms with Crippen LogP contribution in [0.5, 0.6) is 0 Å². The Morgan fingerprint density at radius 1 is 1.62 bits per heavy atom. The van der Waals surface area contributed by atoms with E-state index in [1.165, 1.54) is 5.56 Å². The second-order valence-electron chi connectivity index (χ2n) is 3.91. The van der Waals surface area contributed by atoms with Crippen LogP contribution >= 0.6 is 0 Å². The van der Waals surface area contributed by atoms with Crippen molar-refractivity contribution in [2.45, 2.75) is 6.42 Å². The lowest BCUT2D eigenvalue weighted by Crippen LogP contribution is -2.26. The van der Waals surface area contributed by atoms with Crippen molar-refractivity contribution < 1.29 is 4.79 Å². The first kappa shape index (κ1) is 10.6. The van der Waals surface area contributed by atoms with Gasteiger partial charge in [-0.1, -0.05) is 5.92 Å². The Morgan fingerprint density at radius 3 is 3.19 bits per heavy atom. The normalized spacial score (nSPS) is 12.5. The molecule has 0 aromatic heterocycles. The predicted octanol–water partition coefficient (Wildman–Crippen LogP) is 1.36. The highest BCUT2D eigenvalue weighted by molar-refractivity contribution is 5.95. The number of anilines is 1. The van der Waals surface area contributed by atoms with Gasteiger partial charge in [0.15, 0.2) is 0 Å². The number of hydrogen-bond acceptors (Lipinski definition) is 2. The molecule has 0 radical (unpaired) electrons. The van der Waals surface area contributed by atoms with E-state index in [-0.39, 0.29) is 5.91 Å². The van der Waals surface area contributed by atoms with Gasteiger partial charge >= 0.3 is 0 Å². The van der Waals surface area contributed by atoms with Crippen molar-refractivity contribution in [3.8, 4) is 12.3 Å². The number of hydrogen-bond donors (Lipinski definition) is 1. The summed E-state index contributed by atoms with van der Waals surface area (Å²) in [5, 5.41) is 3.26. The largest absolute Gasteiger partial charge is 0.384 e. The summed E-state index contributed by atoms with van der Waals surface area (Å²) in [4.78, 5) is 13.5. The highest BCUT2D eigenvalue weighted by Gasteiger charge is 2.15. The number of carbonyl (C=O) groups excluding carboxylic acids is 1. The van der Waals surface area contributed by atoms with E-state index in [1.54, 1.807) is 11.9 Å². The second kappa shape index (κ2) is 4.28. The van der Waals surface area contributed by atoms with Gasteiger partial charge in [0.1, 0.15) is 0 Å². The molecule has 2 rings (SSSR count). The minimum absolute atomic E-state index is 0.0207. The van der Waals surface area contributed by atoms with E-state index < -0.39 is 0 Å². The zero-order chi connectivity index (χ0) is 11.5. The van der Waals surface area contributed by atoms with Crippen LogP contribution in [0.1, 0.15) is 15.9 Å². The van der Waals surface area contributed by atoms with Crippen LogP contribution in [0.4, 0.5) is 5.69 Å². The van der Waals surface area contributed by atoms with E-state index in [1.807, 2.05) is 18.2 Å². The first-order chi connectivity index (χ1) is 7.72. The van der Waals surface area contributed by atoms with Gasteiger partial charge in [-0.2, -0.15) is 0 Å². The Morgan fingerprint density at radius 2 is 2.44 bits per heavy atom. The number of terminal acetylenes is 1. The van der Waals surface area contributed by atoms with Gasteiger partial charge in [-0.15, -0.1) is 6.42 Å². The number of nitrogens with one attached hydrogen (secondary N) is 1. The fourth-order valence-corrected chi connectivity index (χ4v) is 1.87. The number of fused-ring (bicyclic) bond motifs is 1. The lowest BCUT2D eigenvalue weighted by Gasteiger charge is -2.14. The summed E-state index contributed by atoms with van der Waals surface area (Å²) in [6.07, 6.45) is 6.16. The van der Waals surface area contributed by atoms with Crippen molar-refractivity contribution in [3.05, 3.63) is 29.3 Å². The molecular formula is C13H14N2O. The maximum atomic E-state index is 11.9. The molecule has 1 aromatic rings. The molecule has 0 spiro atoms. The minimum Gasteiger partial charge on any atom is -0.384 e. The number of benzene rings is 1. The molecule has 0 fully saturated rings. The molecule has 0 bridgehead atoms. The fourth-order valence-electron chi connectivity index (χ4n) is 1.87. The summed E-state index contributed by atoms with van der Waals surface area (Å²) in [6.45, 7) is 1.29. The summed E-state index contributed by atoms with van der Waals surface area (Å²) >= 11 is 0. The maximum Gasteiger partial charge on any atom is 0.254 e. The molecule has 3 nitrogen and oxygen atoms in total. The minimum atomic E-state index is -0.0207. The standard InChI is InChI=1S/C13H14N2O/c1-3-8-15(2)13(16)11-4-5-12-10(9-11)6-7-14-12/h1,4-5,9,14H,6-8H2,2H3. The molecule has 1 N–H and O–H groups in total. The zero-order valence-corrected chi connectivity index (χ0v) is 9.29. The van der Waals surface area contributed by atoms with Gasteiger partial charge in [-0.25, -0.2) is 0 Å². The van der Waals surface area contributed by atoms with E-state index in [4.69, 9.17) is 6.42 Å². The average Bonchev–Trinajstić information content (AvgIpc) is 2.75. The van der Waals surface area contributed by atoms with Crippen molar-refractivity contribution in [1.29, 1.82) is 0 Å². The van der Waals surface area contributed by atoms with Crippen molar-refractivity contribution in [2.24, 2.45) is 0 Å². The van der Waals surface area contributed by atoms with Crippen LogP contribution in [0.2, 0.25) is 0 Å². The van der Waals surface area contributed by atoms with Crippen LogP contribution in [-0.4, -0.2) is 30.9 Å². The topological polar surface area (TPSA) is 32.3 Å². The molecular weight excluding hydrogens is 200 g/mol. The summed E-state index contributed by atoms with van der Waals surface area (Å²) in [6, 6.07) is 5.75. The lowest BCUT2D eigenvalue weighted by atomic mass is 10.1. The monoisotopic (exact) mass is 214 g/mol. The van der Waals surface area contributed by atoms with Gasteiger partial charge in [0.25, 0.3) is 5.91 Å². The van der Waals surface area contributed by atoms with Gasteiger partial charge in [0.05, 0.1) is 6.54 Å². The highest BCUT2D eigenvalue weighted by atomic mass is 16.2. The third-order valence-corrected chi connectivity index (χ3v) is 2.74. The van der Waals surface area contributed by atoms with Crippen LogP contribution in [-0.2, 0) is 6.42 Å². The van der Waals surface area contributed by atoms with Crippen LogP contribution < -0.4 is 5.32 Å². The number of nitrogens with zero attached hydrogens (tertiary/aromatic N) is 1. The Hall–Kier alpha value is -1.95. The summed E-state index contributed by atoms with van der Waals surface area (Å²) in [7, 11) is 1.72. The molecule has 0 unspecified atom stereocenters. The molecule has 1 aliphatic heterocycles. The molecule has 1 heterocycles. The molecule has 82 valence electrons. The van der Waals surface area contributed by atoms with Crippen LogP contribution in [0.25, 0.3) is 0 Å². The van der Waals surface area contributed by atoms with E-state index in [9.17, 15) is 4.79 Å². The molecule has 0 saturated heterocycles. The van der Waals surface area contributed by atoms with Crippen LogP contribution in [0.15, 0.2) is 18.2 Å².